The van der Waals surface area contributed by atoms with Crippen LogP contribution in [0.25, 0.3) is 0 Å². The molecule has 1 heterocycles. The number of sulfonamides is 1. The quantitative estimate of drug-likeness (QED) is 0.800. The highest BCUT2D eigenvalue weighted by atomic mass is 35.5. The van der Waals surface area contributed by atoms with E-state index in [1.165, 1.54) is 12.1 Å². The van der Waals surface area contributed by atoms with Gasteiger partial charge in [-0.25, -0.2) is 13.1 Å². The highest BCUT2D eigenvalue weighted by Gasteiger charge is 2.19. The summed E-state index contributed by atoms with van der Waals surface area (Å²) in [4.78, 5) is 14.2. The van der Waals surface area contributed by atoms with Crippen molar-refractivity contribution in [1.82, 2.24) is 14.9 Å². The lowest BCUT2D eigenvalue weighted by atomic mass is 10.1. The van der Waals surface area contributed by atoms with Crippen molar-refractivity contribution in [3.05, 3.63) is 29.3 Å². The number of rotatable bonds is 6. The molecule has 2 rings (SSSR count). The highest BCUT2D eigenvalue weighted by Crippen LogP contribution is 2.15. The molecule has 2 N–H and O–H groups in total. The van der Waals surface area contributed by atoms with Crippen molar-refractivity contribution >= 4 is 27.5 Å². The van der Waals surface area contributed by atoms with Gasteiger partial charge in [-0.2, -0.15) is 0 Å². The number of likely N-dealkylation sites (tertiary alicyclic amines) is 1. The number of amides is 1. The van der Waals surface area contributed by atoms with Gasteiger partial charge in [0.1, 0.15) is 0 Å². The second-order valence-corrected chi connectivity index (χ2v) is 7.95. The second-order valence-electron chi connectivity index (χ2n) is 5.75. The molecule has 0 bridgehead atoms. The maximum Gasteiger partial charge on any atom is 0.240 e. The molecule has 0 spiro atoms. The Hall–Kier alpha value is -1.15. The fourth-order valence-electron chi connectivity index (χ4n) is 2.47. The minimum atomic E-state index is -3.64. The summed E-state index contributed by atoms with van der Waals surface area (Å²) in [5, 5.41) is 3.31. The molecule has 6 nitrogen and oxygen atoms in total. The third kappa shape index (κ3) is 5.76. The van der Waals surface area contributed by atoms with E-state index in [1.54, 1.807) is 12.1 Å². The van der Waals surface area contributed by atoms with Gasteiger partial charge in [0.05, 0.1) is 4.90 Å². The SMILES string of the molecule is CN1CCC(NC(=O)CCNS(=O)(=O)c2cccc(Cl)c2)CC1. The largest absolute Gasteiger partial charge is 0.353 e. The zero-order valence-corrected chi connectivity index (χ0v) is 14.7. The molecule has 0 unspecified atom stereocenters. The zero-order chi connectivity index (χ0) is 16.9. The molecule has 23 heavy (non-hydrogen) atoms. The van der Waals surface area contributed by atoms with E-state index in [0.29, 0.717) is 5.02 Å². The van der Waals surface area contributed by atoms with E-state index < -0.39 is 10.0 Å². The van der Waals surface area contributed by atoms with E-state index in [1.807, 2.05) is 0 Å². The van der Waals surface area contributed by atoms with Crippen molar-refractivity contribution in [1.29, 1.82) is 0 Å². The maximum atomic E-state index is 12.1. The van der Waals surface area contributed by atoms with Crippen molar-refractivity contribution in [3.8, 4) is 0 Å². The molecule has 1 amide bonds. The van der Waals surface area contributed by atoms with Crippen LogP contribution in [0.2, 0.25) is 5.02 Å². The fourth-order valence-corrected chi connectivity index (χ4v) is 3.80. The van der Waals surface area contributed by atoms with E-state index in [4.69, 9.17) is 11.6 Å². The van der Waals surface area contributed by atoms with Crippen molar-refractivity contribution in [3.63, 3.8) is 0 Å². The molecular formula is C15H22ClN3O3S. The lowest BCUT2D eigenvalue weighted by Gasteiger charge is -2.29. The van der Waals surface area contributed by atoms with Gasteiger partial charge < -0.3 is 10.2 Å². The van der Waals surface area contributed by atoms with Gasteiger partial charge in [0, 0.05) is 24.0 Å². The Balaban J connectivity index is 1.76. The second kappa shape index (κ2) is 8.10. The predicted octanol–water partition coefficient (Wildman–Crippen LogP) is 1.22. The van der Waals surface area contributed by atoms with Crippen LogP contribution >= 0.6 is 11.6 Å². The van der Waals surface area contributed by atoms with Crippen LogP contribution in [0, 0.1) is 0 Å². The summed E-state index contributed by atoms with van der Waals surface area (Å²) in [5.41, 5.74) is 0. The Morgan fingerprint density at radius 1 is 1.35 bits per heavy atom. The van der Waals surface area contributed by atoms with Gasteiger partial charge in [-0.3, -0.25) is 4.79 Å². The molecule has 1 aromatic rings. The molecule has 1 saturated heterocycles. The average Bonchev–Trinajstić information content (AvgIpc) is 2.49. The van der Waals surface area contributed by atoms with Crippen LogP contribution in [-0.4, -0.2) is 51.9 Å². The number of nitrogens with one attached hydrogen (secondary N) is 2. The number of carbonyl (C=O) groups excluding carboxylic acids is 1. The predicted molar refractivity (Wildman–Crippen MR) is 89.9 cm³/mol. The first kappa shape index (κ1) is 18.2. The third-order valence-electron chi connectivity index (χ3n) is 3.83. The molecular weight excluding hydrogens is 338 g/mol. The molecule has 1 aliphatic heterocycles. The lowest BCUT2D eigenvalue weighted by Crippen LogP contribution is -2.44. The topological polar surface area (TPSA) is 78.5 Å². The van der Waals surface area contributed by atoms with E-state index in [-0.39, 0.29) is 29.8 Å². The third-order valence-corrected chi connectivity index (χ3v) is 5.53. The van der Waals surface area contributed by atoms with Gasteiger partial charge in [-0.1, -0.05) is 17.7 Å². The normalized spacial score (nSPS) is 17.1. The monoisotopic (exact) mass is 359 g/mol. The van der Waals surface area contributed by atoms with Gasteiger partial charge in [0.15, 0.2) is 0 Å². The number of piperidine rings is 1. The van der Waals surface area contributed by atoms with Crippen LogP contribution < -0.4 is 10.0 Å². The number of halogens is 1. The first-order chi connectivity index (χ1) is 10.9. The van der Waals surface area contributed by atoms with Gasteiger partial charge in [0.25, 0.3) is 0 Å². The zero-order valence-electron chi connectivity index (χ0n) is 13.1. The fraction of sp³-hybridized carbons (Fsp3) is 0.533. The Labute approximate surface area is 142 Å². The molecule has 128 valence electrons. The van der Waals surface area contributed by atoms with E-state index >= 15 is 0 Å². The van der Waals surface area contributed by atoms with Gasteiger partial charge in [-0.15, -0.1) is 0 Å². The van der Waals surface area contributed by atoms with E-state index in [2.05, 4.69) is 22.0 Å². The summed E-state index contributed by atoms with van der Waals surface area (Å²) in [7, 11) is -1.58. The number of benzene rings is 1. The highest BCUT2D eigenvalue weighted by molar-refractivity contribution is 7.89. The molecule has 0 atom stereocenters. The van der Waals surface area contributed by atoms with E-state index in [0.717, 1.165) is 25.9 Å². The van der Waals surface area contributed by atoms with Crippen molar-refractivity contribution in [2.75, 3.05) is 26.7 Å². The smallest absolute Gasteiger partial charge is 0.240 e. The summed E-state index contributed by atoms with van der Waals surface area (Å²) in [6.45, 7) is 1.99. The van der Waals surface area contributed by atoms with E-state index in [9.17, 15) is 13.2 Å². The van der Waals surface area contributed by atoms with Crippen LogP contribution in [0.3, 0.4) is 0 Å². The number of hydrogen-bond acceptors (Lipinski definition) is 4. The molecule has 1 aromatic carbocycles. The standard InChI is InChI=1S/C15H22ClN3O3S/c1-19-9-6-13(7-10-19)18-15(20)5-8-17-23(21,22)14-4-2-3-12(16)11-14/h2-4,11,13,17H,5-10H2,1H3,(H,18,20). The molecule has 0 aliphatic carbocycles. The molecule has 0 aromatic heterocycles. The average molecular weight is 360 g/mol. The molecule has 0 saturated carbocycles. The van der Waals surface area contributed by atoms with Crippen LogP contribution in [0.4, 0.5) is 0 Å². The van der Waals surface area contributed by atoms with Crippen molar-refractivity contribution in [2.45, 2.75) is 30.2 Å². The Morgan fingerprint density at radius 2 is 2.04 bits per heavy atom. The maximum absolute atomic E-state index is 12.1. The molecule has 1 fully saturated rings. The molecule has 1 aliphatic rings. The van der Waals surface area contributed by atoms with Crippen LogP contribution in [0.5, 0.6) is 0 Å². The van der Waals surface area contributed by atoms with Crippen molar-refractivity contribution in [2.24, 2.45) is 0 Å². The minimum Gasteiger partial charge on any atom is -0.353 e. The first-order valence-electron chi connectivity index (χ1n) is 7.60. The first-order valence-corrected chi connectivity index (χ1v) is 9.46. The van der Waals surface area contributed by atoms with Crippen molar-refractivity contribution < 1.29 is 13.2 Å². The van der Waals surface area contributed by atoms with Crippen LogP contribution in [0.1, 0.15) is 19.3 Å². The summed E-state index contributed by atoms with van der Waals surface area (Å²) in [5.74, 6) is -0.131. The Morgan fingerprint density at radius 3 is 2.70 bits per heavy atom. The lowest BCUT2D eigenvalue weighted by molar-refractivity contribution is -0.121. The number of carbonyl (C=O) groups is 1. The summed E-state index contributed by atoms with van der Waals surface area (Å²) < 4.78 is 26.6. The summed E-state index contributed by atoms with van der Waals surface area (Å²) >= 11 is 5.79. The van der Waals surface area contributed by atoms with Crippen LogP contribution in [-0.2, 0) is 14.8 Å². The Bertz CT molecular complexity index is 643. The molecule has 0 radical (unpaired) electrons. The van der Waals surface area contributed by atoms with Gasteiger partial charge in [0.2, 0.25) is 15.9 Å². The Kier molecular flexibility index (Phi) is 6.41. The van der Waals surface area contributed by atoms with Crippen LogP contribution in [0.15, 0.2) is 29.2 Å². The molecule has 8 heteroatoms. The number of nitrogens with zero attached hydrogens (tertiary/aromatic N) is 1. The number of hydrogen-bond donors (Lipinski definition) is 2. The van der Waals surface area contributed by atoms with Gasteiger partial charge in [-0.05, 0) is 51.2 Å². The summed E-state index contributed by atoms with van der Waals surface area (Å²) in [6, 6.07) is 6.21. The van der Waals surface area contributed by atoms with Gasteiger partial charge >= 0.3 is 0 Å². The summed E-state index contributed by atoms with van der Waals surface area (Å²) in [6.07, 6.45) is 1.97. The minimum absolute atomic E-state index is 0.0628.